The Morgan fingerprint density at radius 1 is 0.395 bits per heavy atom. The number of likely N-dealkylation sites (N-methyl/N-ethyl adjacent to an activating group) is 1. The van der Waals surface area contributed by atoms with Gasteiger partial charge in [-0.25, -0.2) is 4.79 Å². The van der Waals surface area contributed by atoms with Crippen LogP contribution in [0.4, 0.5) is 45.5 Å². The largest absolute Gasteiger partial charge is 0.871 e. The van der Waals surface area contributed by atoms with Gasteiger partial charge in [0.1, 0.15) is 17.2 Å². The second-order valence-corrected chi connectivity index (χ2v) is 23.8. The van der Waals surface area contributed by atoms with Crippen molar-refractivity contribution < 1.29 is 98.4 Å². The van der Waals surface area contributed by atoms with E-state index in [9.17, 15) is 113 Å². The van der Waals surface area contributed by atoms with Gasteiger partial charge in [-0.3, -0.25) is 54.6 Å². The van der Waals surface area contributed by atoms with Gasteiger partial charge in [-0.05, 0) is 169 Å². The number of anilines is 8. The van der Waals surface area contributed by atoms with Crippen molar-refractivity contribution in [3.05, 3.63) is 270 Å². The first-order chi connectivity index (χ1) is 54.5. The van der Waals surface area contributed by atoms with E-state index in [4.69, 9.17) is 5.11 Å². The molecule has 0 saturated carbocycles. The van der Waals surface area contributed by atoms with Gasteiger partial charge in [0.05, 0.1) is 75.9 Å². The Hall–Kier alpha value is -16.2. The molecule has 0 aliphatic heterocycles. The summed E-state index contributed by atoms with van der Waals surface area (Å²) >= 11 is 1.35. The lowest BCUT2D eigenvalue weighted by molar-refractivity contribution is -0.317. The Labute approximate surface area is 646 Å². The van der Waals surface area contributed by atoms with Crippen LogP contribution in [0.15, 0.2) is 221 Å². The number of phenols is 3. The average Bonchev–Trinajstić information content (AvgIpc) is 0.873. The molecule has 0 spiro atoms. The number of aromatic hydroxyl groups is 3. The van der Waals surface area contributed by atoms with Gasteiger partial charge in [-0.1, -0.05) is 42.1 Å². The number of nitrogens with zero attached hydrogens (tertiary/aromatic N) is 4. The van der Waals surface area contributed by atoms with Crippen LogP contribution in [0.3, 0.4) is 0 Å². The fourth-order valence-electron chi connectivity index (χ4n) is 8.88. The predicted octanol–water partition coefficient (Wildman–Crippen LogP) is 4.26. The minimum atomic E-state index is -1.80. The van der Waals surface area contributed by atoms with E-state index >= 15 is 0 Å². The molecule has 41 heteroatoms. The van der Waals surface area contributed by atoms with Gasteiger partial charge in [0.25, 0.3) is 17.7 Å². The molecule has 2 unspecified atom stereocenters. The molecule has 0 aromatic heterocycles. The zero-order valence-corrected chi connectivity index (χ0v) is 59.5. The van der Waals surface area contributed by atoms with Crippen LogP contribution in [0.2, 0.25) is 0 Å². The summed E-state index contributed by atoms with van der Waals surface area (Å²) in [5, 5.41) is 102. The maximum atomic E-state index is 12.5. The number of carbonyl (C=O) groups excluding carboxylic acids is 11. The van der Waals surface area contributed by atoms with Crippen molar-refractivity contribution in [2.75, 3.05) is 62.8 Å². The van der Waals surface area contributed by atoms with Crippen LogP contribution < -0.4 is 85.1 Å². The fraction of sp³-hybridized carbons (Fsp3) is 0.0959. The lowest BCUT2D eigenvalue weighted by Crippen LogP contribution is -2.50. The molecule has 8 amide bonds. The second kappa shape index (κ2) is 43.5. The third-order valence-corrected chi connectivity index (χ3v) is 16.0. The first-order valence-electron chi connectivity index (χ1n) is 32.4. The average molecular weight is 1580 g/mol. The Kier molecular flexibility index (Phi) is 33.1. The van der Waals surface area contributed by atoms with Crippen LogP contribution in [0.1, 0.15) is 94.8 Å². The maximum absolute atomic E-state index is 12.5. The molecular formula is C73H62N16O24S-4. The summed E-state index contributed by atoms with van der Waals surface area (Å²) in [5.74, 6) is -12.6. The van der Waals surface area contributed by atoms with Crippen LogP contribution in [-0.4, -0.2) is 123 Å². The molecule has 114 heavy (non-hydrogen) atoms. The number of carbonyl (C=O) groups is 12. The van der Waals surface area contributed by atoms with Gasteiger partial charge in [-0.2, -0.15) is 11.8 Å². The number of nitrogens with one attached hydrogen (secondary N) is 12. The van der Waals surface area contributed by atoms with Crippen molar-refractivity contribution in [1.82, 2.24) is 21.3 Å². The molecule has 40 nitrogen and oxygen atoms in total. The zero-order valence-electron chi connectivity index (χ0n) is 58.7. The van der Waals surface area contributed by atoms with Crippen molar-refractivity contribution in [1.29, 1.82) is 0 Å². The molecular weight excluding hydrogens is 1520 g/mol. The van der Waals surface area contributed by atoms with Gasteiger partial charge < -0.3 is 104 Å². The number of phenolic OH excluding ortho intramolecular Hbond substituents is 3. The first kappa shape index (κ1) is 86.7. The van der Waals surface area contributed by atoms with E-state index < -0.39 is 89.5 Å². The lowest BCUT2D eigenvalue weighted by atomic mass is 10.1. The number of thioether (sulfide) groups is 1. The third-order valence-electron chi connectivity index (χ3n) is 14.9. The molecule has 9 rings (SSSR count). The molecule has 9 aromatic rings. The highest BCUT2D eigenvalue weighted by molar-refractivity contribution is 7.98. The molecule has 0 fully saturated rings. The molecule has 0 bridgehead atoms. The topological polar surface area (TPSA) is 640 Å². The van der Waals surface area contributed by atoms with E-state index in [1.807, 2.05) is 35.6 Å². The van der Waals surface area contributed by atoms with Crippen molar-refractivity contribution in [2.24, 2.45) is 20.7 Å². The molecule has 16 N–H and O–H groups in total. The van der Waals surface area contributed by atoms with Crippen molar-refractivity contribution in [2.45, 2.75) is 24.3 Å². The van der Waals surface area contributed by atoms with E-state index in [1.165, 1.54) is 164 Å². The third kappa shape index (κ3) is 27.5. The maximum Gasteiger partial charge on any atom is 0.335 e. The normalized spacial score (nSPS) is 10.6. The Morgan fingerprint density at radius 2 is 0.719 bits per heavy atom. The number of rotatable bonds is 32. The van der Waals surface area contributed by atoms with Crippen LogP contribution in [0, 0.1) is 19.6 Å². The number of nitroso groups, excluding NO2 is 4. The molecule has 0 saturated heterocycles. The van der Waals surface area contributed by atoms with E-state index in [1.54, 1.807) is 12.1 Å². The zero-order chi connectivity index (χ0) is 83.4. The number of hydrogen-bond acceptors (Lipinski definition) is 32. The Morgan fingerprint density at radius 3 is 1.04 bits per heavy atom. The van der Waals surface area contributed by atoms with Crippen LogP contribution in [-0.2, 0) is 24.9 Å². The SMILES string of the molecule is CNC(=O)CNC(=O)c1ccc(NNc2ccc(C(=O)N=O)cc2)c(O)c1.O=NC(=O)c1ccc(NNc2ccc(C(=O)NC(CC(=O)[O-])C(=O)[O-])cc2O)cc1.O=NC(=O)c1ccc(NNc2ccc(C(=O)NC(CSCc3ccccc3)C(=O)[O-])cc2O)cc1.O=NC(=O)c1ccc(NNc2ccc(C(=O)O)cc2[O-])cc1. The van der Waals surface area contributed by atoms with Gasteiger partial charge in [0, 0.05) is 96.3 Å². The van der Waals surface area contributed by atoms with Crippen LogP contribution >= 0.6 is 11.8 Å². The van der Waals surface area contributed by atoms with Gasteiger partial charge in [0.2, 0.25) is 5.91 Å². The number of benzene rings is 9. The number of hydrogen-bond donors (Lipinski definition) is 16. The molecule has 0 aliphatic rings. The molecule has 588 valence electrons. The molecule has 0 radical (unpaired) electrons. The van der Waals surface area contributed by atoms with Crippen molar-refractivity contribution in [3.8, 4) is 23.0 Å². The molecule has 0 heterocycles. The van der Waals surface area contributed by atoms with Crippen LogP contribution in [0.5, 0.6) is 23.0 Å². The highest BCUT2D eigenvalue weighted by Crippen LogP contribution is 2.29. The summed E-state index contributed by atoms with van der Waals surface area (Å²) in [7, 11) is 1.46. The van der Waals surface area contributed by atoms with E-state index in [0.29, 0.717) is 34.2 Å². The summed E-state index contributed by atoms with van der Waals surface area (Å²) in [6.07, 6.45) is -0.975. The predicted molar refractivity (Wildman–Crippen MR) is 404 cm³/mol. The molecule has 9 aromatic carbocycles. The number of aliphatic carboxylic acids is 3. The van der Waals surface area contributed by atoms with E-state index in [2.05, 4.69) is 80.1 Å². The highest BCUT2D eigenvalue weighted by Gasteiger charge is 2.20. The monoisotopic (exact) mass is 1580 g/mol. The van der Waals surface area contributed by atoms with Gasteiger partial charge in [0.15, 0.2) is 0 Å². The molecule has 0 aliphatic carbocycles. The fourth-order valence-corrected chi connectivity index (χ4v) is 9.88. The van der Waals surface area contributed by atoms with Crippen molar-refractivity contribution >= 4 is 128 Å². The highest BCUT2D eigenvalue weighted by atomic mass is 32.2. The number of hydrazine groups is 4. The van der Waals surface area contributed by atoms with Crippen LogP contribution in [0.25, 0.3) is 0 Å². The number of amides is 8. The number of aromatic carboxylic acids is 1. The van der Waals surface area contributed by atoms with Crippen molar-refractivity contribution in [3.63, 3.8) is 0 Å². The van der Waals surface area contributed by atoms with E-state index in [0.717, 1.165) is 17.7 Å². The summed E-state index contributed by atoms with van der Waals surface area (Å²) < 4.78 is 0. The first-order valence-corrected chi connectivity index (χ1v) is 33.6. The lowest BCUT2D eigenvalue weighted by Gasteiger charge is -2.20. The summed E-state index contributed by atoms with van der Waals surface area (Å²) in [6.45, 7) is -0.171. The minimum Gasteiger partial charge on any atom is -0.871 e. The Balaban J connectivity index is 0.000000240. The standard InChI is InChI=1S/C24H22N4O6S.C18H16N4O8.C17H17N5O5.C14H11N3O5/c29-21-12-17(8-11-19(21)27-26-18-9-6-16(7-10-18)23(31)28-34)22(30)25-20(24(32)33)14-35-13-15-4-2-1-3-5-15;23-14-7-10(16(26)19-13(18(28)29)8-15(24)25)3-6-12(14)21-20-11-4-1-9(2-5-11)17(27)22-30;1-18-15(24)9-19-16(25)11-4-7-13(14(23)8-11)21-20-12-5-2-10(3-6-12)17(26)22-27;18-12-7-9(14(20)21)3-6-11(12)16-15-10-4-1-8(2-5-10)13(19)17-22/h1-12,20,26-27,29H,13-14H2,(H,25,30)(H,32,33);1-7,13,20-21,23H,8H2,(H,19,26)(H,24,25)(H,28,29);2-8,20-21,23H,9H2,1H3,(H,18,24)(H,19,25);1-7,15-16,18H,(H,20,21)/p-4. The summed E-state index contributed by atoms with van der Waals surface area (Å²) in [4.78, 5) is 177. The van der Waals surface area contributed by atoms with E-state index in [-0.39, 0.29) is 97.0 Å². The van der Waals surface area contributed by atoms with Gasteiger partial charge >= 0.3 is 29.6 Å². The summed E-state index contributed by atoms with van der Waals surface area (Å²) in [5.41, 5.74) is 26.4. The quantitative estimate of drug-likeness (QED) is 0.0159. The number of carboxylic acid groups (broad SMARTS) is 4. The Bertz CT molecular complexity index is 5030. The summed E-state index contributed by atoms with van der Waals surface area (Å²) in [6, 6.07) is 45.3. The minimum absolute atomic E-state index is 0.0663. The second-order valence-electron chi connectivity index (χ2n) is 22.7. The molecule has 2 atom stereocenters. The number of carboxylic acids is 4. The smallest absolute Gasteiger partial charge is 0.335 e. The van der Waals surface area contributed by atoms with Gasteiger partial charge in [-0.15, -0.1) is 19.6 Å².